The van der Waals surface area contributed by atoms with E-state index in [-0.39, 0.29) is 5.02 Å². The Morgan fingerprint density at radius 2 is 1.78 bits per heavy atom. The van der Waals surface area contributed by atoms with Crippen molar-refractivity contribution in [3.8, 4) is 5.69 Å². The number of nitrogens with zero attached hydrogens (tertiary/aromatic N) is 4. The van der Waals surface area contributed by atoms with Crippen LogP contribution in [-0.2, 0) is 10.0 Å². The molecular weight excluding hydrogens is 411 g/mol. The van der Waals surface area contributed by atoms with E-state index >= 15 is 0 Å². The van der Waals surface area contributed by atoms with Crippen LogP contribution in [0.15, 0.2) is 35.3 Å². The van der Waals surface area contributed by atoms with Crippen molar-refractivity contribution in [1.29, 1.82) is 0 Å². The standard InChI is InChI=1S/C17H20Cl2N4O3S/c1-12(2)27(25,26)22-8-6-21(7-9-22)15-11-20-23(17(24)16(15)19)14-5-3-4-13(18)10-14/h3-5,10-12H,6-9H2,1-2H3. The molecular formula is C17H20Cl2N4O3S. The number of halogens is 2. The van der Waals surface area contributed by atoms with Gasteiger partial charge in [-0.15, -0.1) is 0 Å². The van der Waals surface area contributed by atoms with E-state index in [9.17, 15) is 13.2 Å². The van der Waals surface area contributed by atoms with Crippen LogP contribution in [0.25, 0.3) is 5.69 Å². The smallest absolute Gasteiger partial charge is 0.292 e. The third-order valence-electron chi connectivity index (χ3n) is 4.49. The molecule has 7 nitrogen and oxygen atoms in total. The molecule has 0 aliphatic carbocycles. The van der Waals surface area contributed by atoms with Crippen molar-refractivity contribution >= 4 is 38.9 Å². The second-order valence-electron chi connectivity index (χ2n) is 6.52. The third kappa shape index (κ3) is 3.99. The highest BCUT2D eigenvalue weighted by atomic mass is 35.5. The fraction of sp³-hybridized carbons (Fsp3) is 0.412. The van der Waals surface area contributed by atoms with Crippen LogP contribution in [0.2, 0.25) is 10.0 Å². The highest BCUT2D eigenvalue weighted by molar-refractivity contribution is 7.89. The van der Waals surface area contributed by atoms with E-state index in [1.807, 2.05) is 4.90 Å². The summed E-state index contributed by atoms with van der Waals surface area (Å²) in [7, 11) is -3.29. The molecule has 0 unspecified atom stereocenters. The van der Waals surface area contributed by atoms with Crippen LogP contribution < -0.4 is 10.5 Å². The Hall–Kier alpha value is -1.61. The summed E-state index contributed by atoms with van der Waals surface area (Å²) in [5, 5.41) is 4.28. The largest absolute Gasteiger partial charge is 0.366 e. The Morgan fingerprint density at radius 3 is 2.37 bits per heavy atom. The van der Waals surface area contributed by atoms with Gasteiger partial charge in [0, 0.05) is 31.2 Å². The maximum atomic E-state index is 12.6. The summed E-state index contributed by atoms with van der Waals surface area (Å²) in [5.41, 5.74) is 0.573. The number of aromatic nitrogens is 2. The van der Waals surface area contributed by atoms with Crippen LogP contribution in [-0.4, -0.2) is 53.9 Å². The quantitative estimate of drug-likeness (QED) is 0.743. The number of piperazine rings is 1. The van der Waals surface area contributed by atoms with E-state index in [4.69, 9.17) is 23.2 Å². The first-order valence-corrected chi connectivity index (χ1v) is 10.8. The van der Waals surface area contributed by atoms with Gasteiger partial charge in [0.2, 0.25) is 10.0 Å². The van der Waals surface area contributed by atoms with Crippen molar-refractivity contribution in [3.05, 3.63) is 50.9 Å². The van der Waals surface area contributed by atoms with Crippen LogP contribution in [0.1, 0.15) is 13.8 Å². The van der Waals surface area contributed by atoms with Crippen molar-refractivity contribution in [3.63, 3.8) is 0 Å². The summed E-state index contributed by atoms with van der Waals surface area (Å²) in [6.07, 6.45) is 1.53. The van der Waals surface area contributed by atoms with E-state index in [0.717, 1.165) is 0 Å². The molecule has 0 spiro atoms. The number of rotatable bonds is 4. The number of hydrogen-bond donors (Lipinski definition) is 0. The van der Waals surface area contributed by atoms with Gasteiger partial charge in [-0.3, -0.25) is 4.79 Å². The topological polar surface area (TPSA) is 75.5 Å². The molecule has 0 bridgehead atoms. The van der Waals surface area contributed by atoms with Gasteiger partial charge in [0.15, 0.2) is 0 Å². The van der Waals surface area contributed by atoms with Gasteiger partial charge in [-0.25, -0.2) is 8.42 Å². The zero-order chi connectivity index (χ0) is 19.8. The molecule has 0 saturated carbocycles. The molecule has 27 heavy (non-hydrogen) atoms. The molecule has 1 fully saturated rings. The Morgan fingerprint density at radius 1 is 1.11 bits per heavy atom. The molecule has 1 saturated heterocycles. The second kappa shape index (κ2) is 7.79. The molecule has 146 valence electrons. The van der Waals surface area contributed by atoms with Crippen LogP contribution in [0.3, 0.4) is 0 Å². The van der Waals surface area contributed by atoms with Gasteiger partial charge >= 0.3 is 0 Å². The average molecular weight is 431 g/mol. The summed E-state index contributed by atoms with van der Waals surface area (Å²) in [5.74, 6) is 0. The van der Waals surface area contributed by atoms with Gasteiger partial charge in [-0.05, 0) is 32.0 Å². The van der Waals surface area contributed by atoms with Gasteiger partial charge in [0.25, 0.3) is 5.56 Å². The van der Waals surface area contributed by atoms with E-state index in [0.29, 0.717) is 42.6 Å². The van der Waals surface area contributed by atoms with Crippen molar-refractivity contribution in [2.45, 2.75) is 19.1 Å². The first-order valence-electron chi connectivity index (χ1n) is 8.49. The van der Waals surface area contributed by atoms with E-state index < -0.39 is 20.8 Å². The number of hydrogen-bond acceptors (Lipinski definition) is 5. The normalized spacial score (nSPS) is 16.1. The van der Waals surface area contributed by atoms with Gasteiger partial charge in [-0.2, -0.15) is 14.1 Å². The molecule has 1 aromatic carbocycles. The minimum atomic E-state index is -3.29. The Balaban J connectivity index is 1.84. The van der Waals surface area contributed by atoms with Crippen LogP contribution in [0.5, 0.6) is 0 Å². The fourth-order valence-corrected chi connectivity index (χ4v) is 4.62. The van der Waals surface area contributed by atoms with E-state index in [1.54, 1.807) is 38.1 Å². The molecule has 0 N–H and O–H groups in total. The Bertz CT molecular complexity index is 999. The maximum Gasteiger partial charge on any atom is 0.292 e. The molecule has 0 amide bonds. The summed E-state index contributed by atoms with van der Waals surface area (Å²) in [6, 6.07) is 6.77. The van der Waals surface area contributed by atoms with Gasteiger partial charge in [-0.1, -0.05) is 29.3 Å². The van der Waals surface area contributed by atoms with Crippen molar-refractivity contribution in [2.24, 2.45) is 0 Å². The van der Waals surface area contributed by atoms with Crippen molar-refractivity contribution in [1.82, 2.24) is 14.1 Å². The minimum Gasteiger partial charge on any atom is -0.366 e. The van der Waals surface area contributed by atoms with Crippen molar-refractivity contribution in [2.75, 3.05) is 31.1 Å². The van der Waals surface area contributed by atoms with Crippen molar-refractivity contribution < 1.29 is 8.42 Å². The molecule has 10 heteroatoms. The zero-order valence-corrected chi connectivity index (χ0v) is 17.3. The van der Waals surface area contributed by atoms with Gasteiger partial charge in [0.05, 0.1) is 22.8 Å². The van der Waals surface area contributed by atoms with Crippen LogP contribution >= 0.6 is 23.2 Å². The summed E-state index contributed by atoms with van der Waals surface area (Å²) in [4.78, 5) is 14.5. The molecule has 1 aliphatic heterocycles. The first kappa shape index (κ1) is 20.1. The lowest BCUT2D eigenvalue weighted by Gasteiger charge is -2.36. The maximum absolute atomic E-state index is 12.6. The number of benzene rings is 1. The van der Waals surface area contributed by atoms with Crippen LogP contribution in [0, 0.1) is 0 Å². The summed E-state index contributed by atoms with van der Waals surface area (Å²) in [6.45, 7) is 4.89. The van der Waals surface area contributed by atoms with Crippen LogP contribution in [0.4, 0.5) is 5.69 Å². The zero-order valence-electron chi connectivity index (χ0n) is 15.0. The van der Waals surface area contributed by atoms with Gasteiger partial charge in [0.1, 0.15) is 5.02 Å². The van der Waals surface area contributed by atoms with E-state index in [1.165, 1.54) is 15.2 Å². The lowest BCUT2D eigenvalue weighted by molar-refractivity contribution is 0.381. The predicted octanol–water partition coefficient (Wildman–Crippen LogP) is 2.40. The molecule has 1 aromatic heterocycles. The highest BCUT2D eigenvalue weighted by Crippen LogP contribution is 2.24. The summed E-state index contributed by atoms with van der Waals surface area (Å²) >= 11 is 12.3. The number of anilines is 1. The van der Waals surface area contributed by atoms with E-state index in [2.05, 4.69) is 5.10 Å². The molecule has 0 radical (unpaired) electrons. The lowest BCUT2D eigenvalue weighted by Crippen LogP contribution is -2.50. The molecule has 1 aliphatic rings. The lowest BCUT2D eigenvalue weighted by atomic mass is 10.3. The second-order valence-corrected chi connectivity index (χ2v) is 9.82. The molecule has 2 aromatic rings. The monoisotopic (exact) mass is 430 g/mol. The Kier molecular flexibility index (Phi) is 5.81. The predicted molar refractivity (Wildman–Crippen MR) is 108 cm³/mol. The molecule has 2 heterocycles. The fourth-order valence-electron chi connectivity index (χ4n) is 2.92. The first-order chi connectivity index (χ1) is 12.7. The third-order valence-corrected chi connectivity index (χ3v) is 7.35. The highest BCUT2D eigenvalue weighted by Gasteiger charge is 2.30. The molecule has 0 atom stereocenters. The molecule has 3 rings (SSSR count). The number of sulfonamides is 1. The SMILES string of the molecule is CC(C)S(=O)(=O)N1CCN(c2cnn(-c3cccc(Cl)c3)c(=O)c2Cl)CC1. The summed E-state index contributed by atoms with van der Waals surface area (Å²) < 4.78 is 27.2. The minimum absolute atomic E-state index is 0.0464. The average Bonchev–Trinajstić information content (AvgIpc) is 2.64. The van der Waals surface area contributed by atoms with Gasteiger partial charge < -0.3 is 4.90 Å². The Labute approximate surface area is 168 Å².